The summed E-state index contributed by atoms with van der Waals surface area (Å²) in [5.74, 6) is 1.59. The van der Waals surface area contributed by atoms with Gasteiger partial charge in [0.05, 0.1) is 13.7 Å². The molecule has 25 heavy (non-hydrogen) atoms. The molecule has 9 heteroatoms. The minimum absolute atomic E-state index is 0.0717. The molecule has 9 nitrogen and oxygen atoms in total. The predicted molar refractivity (Wildman–Crippen MR) is 90.1 cm³/mol. The van der Waals surface area contributed by atoms with Gasteiger partial charge in [-0.05, 0) is 25.1 Å². The first-order valence-corrected chi connectivity index (χ1v) is 7.59. The highest BCUT2D eigenvalue weighted by molar-refractivity contribution is 5.63. The summed E-state index contributed by atoms with van der Waals surface area (Å²) in [7, 11) is 4.50. The Morgan fingerprint density at radius 1 is 1.12 bits per heavy atom. The van der Waals surface area contributed by atoms with Crippen LogP contribution in [0.5, 0.6) is 11.5 Å². The lowest BCUT2D eigenvalue weighted by molar-refractivity contribution is 0.311. The van der Waals surface area contributed by atoms with E-state index in [0.717, 1.165) is 4.57 Å². The van der Waals surface area contributed by atoms with E-state index < -0.39 is 11.2 Å². The summed E-state index contributed by atoms with van der Waals surface area (Å²) >= 11 is 0. The van der Waals surface area contributed by atoms with Gasteiger partial charge in [-0.2, -0.15) is 10.1 Å². The summed E-state index contributed by atoms with van der Waals surface area (Å²) in [5.41, 5.74) is -0.451. The number of rotatable bonds is 4. The molecule has 2 heterocycles. The molecule has 0 radical (unpaired) electrons. The highest BCUT2D eigenvalue weighted by Crippen LogP contribution is 2.31. The first-order valence-electron chi connectivity index (χ1n) is 7.59. The van der Waals surface area contributed by atoms with Gasteiger partial charge in [-0.25, -0.2) is 14.5 Å². The largest absolute Gasteiger partial charge is 0.493 e. The Bertz CT molecular complexity index is 1020. The molecule has 0 amide bonds. The zero-order valence-corrected chi connectivity index (χ0v) is 14.3. The molecule has 0 bridgehead atoms. The first kappa shape index (κ1) is 16.6. The smallest absolute Gasteiger partial charge is 0.352 e. The molecule has 0 spiro atoms. The Kier molecular flexibility index (Phi) is 4.22. The zero-order chi connectivity index (χ0) is 18.1. The zero-order valence-electron chi connectivity index (χ0n) is 14.3. The summed E-state index contributed by atoms with van der Waals surface area (Å²) in [6.07, 6.45) is 0. The van der Waals surface area contributed by atoms with Crippen LogP contribution in [0.4, 0.5) is 0 Å². The molecule has 1 aromatic rings. The molecular weight excluding hydrogens is 326 g/mol. The second-order valence-corrected chi connectivity index (χ2v) is 5.29. The predicted octanol–water partition coefficient (Wildman–Crippen LogP) is 0.448. The van der Waals surface area contributed by atoms with Gasteiger partial charge in [0.15, 0.2) is 28.8 Å². The van der Waals surface area contributed by atoms with Crippen LogP contribution in [0.25, 0.3) is 22.9 Å². The fourth-order valence-corrected chi connectivity index (χ4v) is 2.40. The summed E-state index contributed by atoms with van der Waals surface area (Å²) < 4.78 is 13.1. The minimum atomic E-state index is -0.646. The summed E-state index contributed by atoms with van der Waals surface area (Å²) in [4.78, 5) is 32.2. The van der Waals surface area contributed by atoms with E-state index in [1.807, 2.05) is 6.92 Å². The number of benzene rings is 1. The van der Waals surface area contributed by atoms with Crippen LogP contribution in [-0.2, 0) is 14.1 Å². The van der Waals surface area contributed by atoms with Gasteiger partial charge in [0, 0.05) is 19.7 Å². The third kappa shape index (κ3) is 2.84. The number of methoxy groups -OCH3 is 1. The van der Waals surface area contributed by atoms with E-state index in [1.54, 1.807) is 32.4 Å². The first-order chi connectivity index (χ1) is 12.0. The van der Waals surface area contributed by atoms with Crippen molar-refractivity contribution in [2.45, 2.75) is 6.92 Å². The minimum Gasteiger partial charge on any atom is -0.493 e. The third-order valence-corrected chi connectivity index (χ3v) is 3.70. The maximum Gasteiger partial charge on any atom is 0.352 e. The van der Waals surface area contributed by atoms with E-state index in [4.69, 9.17) is 9.47 Å². The van der Waals surface area contributed by atoms with Gasteiger partial charge in [-0.3, -0.25) is 9.36 Å². The topological polar surface area (TPSA) is 101 Å². The van der Waals surface area contributed by atoms with Crippen molar-refractivity contribution < 1.29 is 9.47 Å². The molecule has 130 valence electrons. The van der Waals surface area contributed by atoms with Crippen LogP contribution in [0, 0.1) is 0 Å². The summed E-state index contributed by atoms with van der Waals surface area (Å²) in [6, 6.07) is 5.25. The fourth-order valence-electron chi connectivity index (χ4n) is 2.40. The van der Waals surface area contributed by atoms with E-state index in [1.165, 1.54) is 11.7 Å². The summed E-state index contributed by atoms with van der Waals surface area (Å²) in [5, 5.41) is 4.29. The number of aryl methyl sites for hydroxylation is 1. The molecule has 0 atom stereocenters. The molecule has 3 rings (SSSR count). The molecule has 0 aliphatic carbocycles. The van der Waals surface area contributed by atoms with Gasteiger partial charge >= 0.3 is 5.69 Å². The van der Waals surface area contributed by atoms with Crippen LogP contribution in [0.2, 0.25) is 0 Å². The molecule has 2 aliphatic heterocycles. The fraction of sp³-hybridized carbons (Fsp3) is 0.312. The van der Waals surface area contributed by atoms with Crippen molar-refractivity contribution in [1.29, 1.82) is 0 Å². The SMILES string of the molecule is CCOc1ccc(-c2nc3c(=O)n(C)c(=O)nc-3n(C)n2)cc1OC. The van der Waals surface area contributed by atoms with Crippen molar-refractivity contribution in [2.75, 3.05) is 13.7 Å². The van der Waals surface area contributed by atoms with E-state index in [0.29, 0.717) is 29.5 Å². The molecule has 0 fully saturated rings. The third-order valence-electron chi connectivity index (χ3n) is 3.70. The van der Waals surface area contributed by atoms with Gasteiger partial charge in [-0.1, -0.05) is 0 Å². The van der Waals surface area contributed by atoms with Crippen molar-refractivity contribution >= 4 is 0 Å². The molecule has 0 N–H and O–H groups in total. The van der Waals surface area contributed by atoms with Crippen LogP contribution < -0.4 is 20.7 Å². The van der Waals surface area contributed by atoms with Gasteiger partial charge in [-0.15, -0.1) is 0 Å². The van der Waals surface area contributed by atoms with Crippen molar-refractivity contribution in [2.24, 2.45) is 14.1 Å². The molecule has 0 unspecified atom stereocenters. The van der Waals surface area contributed by atoms with Crippen molar-refractivity contribution in [1.82, 2.24) is 24.3 Å². The lowest BCUT2D eigenvalue weighted by Crippen LogP contribution is -2.36. The van der Waals surface area contributed by atoms with E-state index in [2.05, 4.69) is 15.1 Å². The Balaban J connectivity index is 2.22. The second kappa shape index (κ2) is 6.34. The number of nitrogens with zero attached hydrogens (tertiary/aromatic N) is 5. The van der Waals surface area contributed by atoms with Crippen molar-refractivity contribution in [3.05, 3.63) is 39.0 Å². The number of fused-ring (bicyclic) bond motifs is 1. The average molecular weight is 343 g/mol. The Morgan fingerprint density at radius 2 is 1.88 bits per heavy atom. The monoisotopic (exact) mass is 343 g/mol. The normalized spacial score (nSPS) is 10.9. The maximum absolute atomic E-state index is 12.3. The summed E-state index contributed by atoms with van der Waals surface area (Å²) in [6.45, 7) is 2.39. The lowest BCUT2D eigenvalue weighted by Gasteiger charge is -2.13. The number of ether oxygens (including phenoxy) is 2. The molecule has 0 saturated heterocycles. The number of hydrogen-bond donors (Lipinski definition) is 0. The molecular formula is C16H17N5O4. The van der Waals surface area contributed by atoms with Gasteiger partial charge in [0.1, 0.15) is 0 Å². The number of hydrogen-bond acceptors (Lipinski definition) is 7. The van der Waals surface area contributed by atoms with Crippen molar-refractivity contribution in [3.63, 3.8) is 0 Å². The van der Waals surface area contributed by atoms with Crippen LogP contribution in [0.1, 0.15) is 6.92 Å². The van der Waals surface area contributed by atoms with Crippen LogP contribution in [-0.4, -0.2) is 38.0 Å². The second-order valence-electron chi connectivity index (χ2n) is 5.29. The van der Waals surface area contributed by atoms with Crippen molar-refractivity contribution in [3.8, 4) is 34.4 Å². The molecule has 0 aromatic heterocycles. The quantitative estimate of drug-likeness (QED) is 0.678. The van der Waals surface area contributed by atoms with E-state index in [-0.39, 0.29) is 11.5 Å². The van der Waals surface area contributed by atoms with Crippen LogP contribution in [0.3, 0.4) is 0 Å². The number of aromatic nitrogens is 5. The van der Waals surface area contributed by atoms with Gasteiger partial charge < -0.3 is 9.47 Å². The lowest BCUT2D eigenvalue weighted by atomic mass is 10.2. The Morgan fingerprint density at radius 3 is 2.56 bits per heavy atom. The van der Waals surface area contributed by atoms with Gasteiger partial charge in [0.25, 0.3) is 5.56 Å². The Labute approximate surface area is 142 Å². The highest BCUT2D eigenvalue weighted by Gasteiger charge is 2.20. The standard InChI is InChI=1S/C16H17N5O4/c1-5-25-10-7-6-9(8-11(10)24-4)13-17-12-14(21(3)19-13)18-16(23)20(2)15(12)22/h6-8H,5H2,1-4H3. The van der Waals surface area contributed by atoms with Crippen LogP contribution >= 0.6 is 0 Å². The maximum atomic E-state index is 12.3. The molecule has 1 aromatic carbocycles. The van der Waals surface area contributed by atoms with E-state index >= 15 is 0 Å². The van der Waals surface area contributed by atoms with Gasteiger partial charge in [0.2, 0.25) is 0 Å². The van der Waals surface area contributed by atoms with E-state index in [9.17, 15) is 9.59 Å². The Hall–Kier alpha value is -3.23. The highest BCUT2D eigenvalue weighted by atomic mass is 16.5. The average Bonchev–Trinajstić information content (AvgIpc) is 2.61. The molecule has 0 saturated carbocycles. The van der Waals surface area contributed by atoms with Crippen LogP contribution in [0.15, 0.2) is 27.8 Å². The molecule has 2 aliphatic rings.